The van der Waals surface area contributed by atoms with Gasteiger partial charge < -0.3 is 10.6 Å². The molecule has 2 N–H and O–H groups in total. The maximum Gasteiger partial charge on any atom is 0.139 e. The number of hydrogen-bond donors (Lipinski definition) is 1. The molecular formula is C22H35ClN2O2. The summed E-state index contributed by atoms with van der Waals surface area (Å²) in [4.78, 5) is 17.9. The second-order valence-electron chi connectivity index (χ2n) is 9.70. The van der Waals surface area contributed by atoms with Gasteiger partial charge in [-0.2, -0.15) is 0 Å². The van der Waals surface area contributed by atoms with Gasteiger partial charge in [-0.25, -0.2) is 0 Å². The van der Waals surface area contributed by atoms with E-state index < -0.39 is 0 Å². The Morgan fingerprint density at radius 2 is 1.96 bits per heavy atom. The quantitative estimate of drug-likeness (QED) is 0.435. The third-order valence-electron chi connectivity index (χ3n) is 8.57. The van der Waals surface area contributed by atoms with Crippen LogP contribution in [0.5, 0.6) is 0 Å². The molecule has 0 aromatic rings. The molecular weight excluding hydrogens is 360 g/mol. The average Bonchev–Trinajstić information content (AvgIpc) is 2.92. The molecule has 0 unspecified atom stereocenters. The lowest BCUT2D eigenvalue weighted by molar-refractivity contribution is -0.134. The van der Waals surface area contributed by atoms with Crippen LogP contribution in [0.3, 0.4) is 0 Å². The minimum absolute atomic E-state index is 0. The second kappa shape index (κ2) is 7.51. The van der Waals surface area contributed by atoms with Gasteiger partial charge in [0.05, 0.1) is 5.71 Å². The molecule has 0 spiro atoms. The summed E-state index contributed by atoms with van der Waals surface area (Å²) >= 11 is 0. The summed E-state index contributed by atoms with van der Waals surface area (Å²) in [6.07, 6.45) is 8.48. The third kappa shape index (κ3) is 3.17. The number of halogens is 1. The summed E-state index contributed by atoms with van der Waals surface area (Å²) in [5.41, 5.74) is 8.32. The van der Waals surface area contributed by atoms with E-state index in [0.29, 0.717) is 42.1 Å². The maximum absolute atomic E-state index is 12.6. The van der Waals surface area contributed by atoms with Crippen LogP contribution in [0.2, 0.25) is 0 Å². The molecule has 5 heteroatoms. The van der Waals surface area contributed by atoms with E-state index in [0.717, 1.165) is 44.4 Å². The van der Waals surface area contributed by atoms with Crippen LogP contribution in [0.1, 0.15) is 65.2 Å². The van der Waals surface area contributed by atoms with Crippen molar-refractivity contribution >= 4 is 23.9 Å². The van der Waals surface area contributed by atoms with E-state index in [1.807, 2.05) is 0 Å². The van der Waals surface area contributed by atoms with Gasteiger partial charge in [-0.3, -0.25) is 4.79 Å². The molecule has 4 aliphatic carbocycles. The smallest absolute Gasteiger partial charge is 0.139 e. The summed E-state index contributed by atoms with van der Waals surface area (Å²) < 4.78 is 0. The van der Waals surface area contributed by atoms with Crippen LogP contribution in [0.25, 0.3) is 0 Å². The topological polar surface area (TPSA) is 64.7 Å². The first-order valence-corrected chi connectivity index (χ1v) is 10.5. The lowest BCUT2D eigenvalue weighted by Crippen LogP contribution is -2.54. The minimum Gasteiger partial charge on any atom is -0.395 e. The van der Waals surface area contributed by atoms with Crippen molar-refractivity contribution in [3.63, 3.8) is 0 Å². The van der Waals surface area contributed by atoms with Crippen LogP contribution in [0.15, 0.2) is 17.3 Å². The standard InChI is InChI=1S/C22H34N2O2.ClH/c1-14-12-16-17-4-5-20(25)22(17,3)9-7-18(16)21(2)8-6-15(13-19(14)21)24-26-11-10-23;/h16-19H,1,4-13,23H2,2-3H3;1H/t16-,17-,18-,19+,21+,22-;/m0./s1. The van der Waals surface area contributed by atoms with Gasteiger partial charge in [0.1, 0.15) is 12.4 Å². The number of rotatable bonds is 3. The lowest BCUT2D eigenvalue weighted by Gasteiger charge is -2.60. The summed E-state index contributed by atoms with van der Waals surface area (Å²) in [6, 6.07) is 0. The molecule has 0 heterocycles. The number of fused-ring (bicyclic) bond motifs is 5. The molecule has 4 saturated carbocycles. The van der Waals surface area contributed by atoms with Crippen molar-refractivity contribution in [2.24, 2.45) is 45.4 Å². The molecule has 27 heavy (non-hydrogen) atoms. The summed E-state index contributed by atoms with van der Waals surface area (Å²) in [5, 5.41) is 4.36. The second-order valence-corrected chi connectivity index (χ2v) is 9.70. The van der Waals surface area contributed by atoms with E-state index in [9.17, 15) is 4.79 Å². The van der Waals surface area contributed by atoms with Crippen molar-refractivity contribution in [3.8, 4) is 0 Å². The molecule has 152 valence electrons. The van der Waals surface area contributed by atoms with Gasteiger partial charge >= 0.3 is 0 Å². The van der Waals surface area contributed by atoms with Crippen molar-refractivity contribution in [1.29, 1.82) is 0 Å². The Balaban J connectivity index is 0.00000210. The molecule has 0 aliphatic heterocycles. The Morgan fingerprint density at radius 1 is 1.19 bits per heavy atom. The van der Waals surface area contributed by atoms with E-state index in [2.05, 4.69) is 25.6 Å². The Morgan fingerprint density at radius 3 is 2.70 bits per heavy atom. The molecule has 0 aromatic heterocycles. The molecule has 0 aromatic carbocycles. The number of nitrogens with two attached hydrogens (primary N) is 1. The number of carbonyl (C=O) groups is 1. The van der Waals surface area contributed by atoms with Gasteiger partial charge in [0.2, 0.25) is 0 Å². The number of carbonyl (C=O) groups excluding carboxylic acids is 1. The molecule has 0 bridgehead atoms. The fourth-order valence-electron chi connectivity index (χ4n) is 7.09. The van der Waals surface area contributed by atoms with E-state index in [1.165, 1.54) is 24.1 Å². The van der Waals surface area contributed by atoms with Gasteiger partial charge in [0.15, 0.2) is 0 Å². The zero-order valence-electron chi connectivity index (χ0n) is 16.8. The first-order valence-electron chi connectivity index (χ1n) is 10.5. The largest absolute Gasteiger partial charge is 0.395 e. The van der Waals surface area contributed by atoms with Crippen molar-refractivity contribution in [2.45, 2.75) is 65.2 Å². The zero-order chi connectivity index (χ0) is 18.5. The van der Waals surface area contributed by atoms with Crippen LogP contribution >= 0.6 is 12.4 Å². The predicted molar refractivity (Wildman–Crippen MR) is 111 cm³/mol. The van der Waals surface area contributed by atoms with Gasteiger partial charge in [-0.1, -0.05) is 31.2 Å². The van der Waals surface area contributed by atoms with Crippen molar-refractivity contribution in [3.05, 3.63) is 12.2 Å². The first kappa shape index (κ1) is 20.9. The van der Waals surface area contributed by atoms with Crippen LogP contribution in [0, 0.1) is 34.5 Å². The molecule has 4 nitrogen and oxygen atoms in total. The zero-order valence-corrected chi connectivity index (χ0v) is 17.7. The Bertz CT molecular complexity index is 648. The highest BCUT2D eigenvalue weighted by Crippen LogP contribution is 2.66. The summed E-state index contributed by atoms with van der Waals surface area (Å²) in [6.45, 7) is 10.3. The number of hydrogen-bond acceptors (Lipinski definition) is 4. The van der Waals surface area contributed by atoms with Gasteiger partial charge in [0.25, 0.3) is 0 Å². The molecule has 4 fully saturated rings. The SMILES string of the molecule is C=C1C[C@@H]2[C@H](CC[C@]3(C)C(=O)CC[C@@H]23)[C@@]2(C)CCC(=NOCCN)C[C@H]12.Cl. The van der Waals surface area contributed by atoms with E-state index >= 15 is 0 Å². The van der Waals surface area contributed by atoms with E-state index in [-0.39, 0.29) is 17.8 Å². The first-order chi connectivity index (χ1) is 12.4. The van der Waals surface area contributed by atoms with Crippen LogP contribution in [-0.2, 0) is 9.63 Å². The molecule has 4 rings (SSSR count). The third-order valence-corrected chi connectivity index (χ3v) is 8.57. The van der Waals surface area contributed by atoms with Crippen molar-refractivity contribution in [1.82, 2.24) is 0 Å². The maximum atomic E-state index is 12.6. The summed E-state index contributed by atoms with van der Waals surface area (Å²) in [7, 11) is 0. The Kier molecular flexibility index (Phi) is 5.80. The Hall–Kier alpha value is -0.870. The van der Waals surface area contributed by atoms with Crippen LogP contribution in [-0.4, -0.2) is 24.6 Å². The van der Waals surface area contributed by atoms with Gasteiger partial charge in [0, 0.05) is 18.4 Å². The predicted octanol–water partition coefficient (Wildman–Crippen LogP) is 4.52. The monoisotopic (exact) mass is 394 g/mol. The average molecular weight is 395 g/mol. The van der Waals surface area contributed by atoms with E-state index in [1.54, 1.807) is 0 Å². The highest BCUT2D eigenvalue weighted by atomic mass is 35.5. The molecule has 0 amide bonds. The lowest BCUT2D eigenvalue weighted by atomic mass is 9.44. The van der Waals surface area contributed by atoms with Gasteiger partial charge in [-0.05, 0) is 74.0 Å². The number of nitrogens with zero attached hydrogens (tertiary/aromatic N) is 1. The number of ketones is 1. The molecule has 6 atom stereocenters. The fraction of sp³-hybridized carbons (Fsp3) is 0.818. The van der Waals surface area contributed by atoms with Gasteiger partial charge in [-0.15, -0.1) is 12.4 Å². The van der Waals surface area contributed by atoms with Crippen molar-refractivity contribution in [2.75, 3.05) is 13.2 Å². The molecule has 0 radical (unpaired) electrons. The minimum atomic E-state index is -0.0536. The van der Waals surface area contributed by atoms with Crippen LogP contribution in [0.4, 0.5) is 0 Å². The number of allylic oxidation sites excluding steroid dienone is 1. The van der Waals surface area contributed by atoms with Crippen LogP contribution < -0.4 is 5.73 Å². The van der Waals surface area contributed by atoms with Crippen molar-refractivity contribution < 1.29 is 9.63 Å². The highest BCUT2D eigenvalue weighted by molar-refractivity contribution is 5.87. The highest BCUT2D eigenvalue weighted by Gasteiger charge is 2.60. The fourth-order valence-corrected chi connectivity index (χ4v) is 7.09. The number of oxime groups is 1. The number of Topliss-reactive ketones (excluding diaryl/α,β-unsaturated/α-hetero) is 1. The van der Waals surface area contributed by atoms with E-state index in [4.69, 9.17) is 10.6 Å². The molecule has 4 aliphatic rings. The Labute approximate surface area is 169 Å². The summed E-state index contributed by atoms with van der Waals surface area (Å²) in [5.74, 6) is 2.99. The molecule has 0 saturated heterocycles. The normalized spacial score (nSPS) is 44.9.